The molecule has 122 valence electrons. The summed E-state index contributed by atoms with van der Waals surface area (Å²) in [6.07, 6.45) is 5.16. The van der Waals surface area contributed by atoms with Crippen LogP contribution in [-0.2, 0) is 11.3 Å². The van der Waals surface area contributed by atoms with Gasteiger partial charge in [0.1, 0.15) is 11.5 Å². The van der Waals surface area contributed by atoms with E-state index in [1.807, 2.05) is 30.6 Å². The van der Waals surface area contributed by atoms with Gasteiger partial charge in [-0.1, -0.05) is 6.07 Å². The minimum Gasteiger partial charge on any atom is -1.00 e. The van der Waals surface area contributed by atoms with Crippen molar-refractivity contribution in [2.75, 3.05) is 14.2 Å². The zero-order valence-electron chi connectivity index (χ0n) is 12.9. The zero-order chi connectivity index (χ0) is 15.8. The predicted molar refractivity (Wildman–Crippen MR) is 81.9 cm³/mol. The van der Waals surface area contributed by atoms with Crippen LogP contribution < -0.4 is 31.9 Å². The van der Waals surface area contributed by atoms with E-state index in [0.717, 1.165) is 5.56 Å². The molecule has 0 bridgehead atoms. The highest BCUT2D eigenvalue weighted by atomic mass is 35.5. The number of halogens is 1. The van der Waals surface area contributed by atoms with E-state index >= 15 is 0 Å². The Bertz CT molecular complexity index is 663. The second-order valence-electron chi connectivity index (χ2n) is 4.45. The number of nitrogens with one attached hydrogen (secondary N) is 1. The maximum Gasteiger partial charge on any atom is 0.305 e. The Labute approximate surface area is 141 Å². The number of pyridine rings is 1. The molecule has 1 aromatic carbocycles. The number of hydrazone groups is 1. The minimum absolute atomic E-state index is 0. The van der Waals surface area contributed by atoms with Gasteiger partial charge in [0, 0.05) is 23.8 Å². The van der Waals surface area contributed by atoms with Crippen molar-refractivity contribution in [1.82, 2.24) is 5.43 Å². The predicted octanol–water partition coefficient (Wildman–Crippen LogP) is -1.85. The summed E-state index contributed by atoms with van der Waals surface area (Å²) >= 11 is 0. The summed E-state index contributed by atoms with van der Waals surface area (Å²) in [4.78, 5) is 11.8. The van der Waals surface area contributed by atoms with E-state index in [-0.39, 0.29) is 24.9 Å². The number of benzene rings is 1. The fraction of sp³-hybridized carbons (Fsp3) is 0.188. The second-order valence-corrected chi connectivity index (χ2v) is 4.45. The Kier molecular flexibility index (Phi) is 7.56. The molecule has 0 aliphatic carbocycles. The van der Waals surface area contributed by atoms with Crippen LogP contribution in [0.25, 0.3) is 0 Å². The van der Waals surface area contributed by atoms with Crippen LogP contribution in [-0.4, -0.2) is 26.3 Å². The number of methoxy groups -OCH3 is 2. The van der Waals surface area contributed by atoms with Crippen molar-refractivity contribution in [2.24, 2.45) is 5.10 Å². The molecule has 0 saturated heterocycles. The maximum atomic E-state index is 11.8. The van der Waals surface area contributed by atoms with Crippen LogP contribution in [0.2, 0.25) is 0 Å². The molecule has 0 aliphatic rings. The van der Waals surface area contributed by atoms with Gasteiger partial charge in [0.25, 0.3) is 0 Å². The molecular weight excluding hydrogens is 318 g/mol. The van der Waals surface area contributed by atoms with Crippen molar-refractivity contribution < 1.29 is 31.2 Å². The number of rotatable bonds is 6. The van der Waals surface area contributed by atoms with Crippen molar-refractivity contribution in [3.05, 3.63) is 54.4 Å². The summed E-state index contributed by atoms with van der Waals surface area (Å²) in [6, 6.07) is 11.0. The number of ether oxygens (including phenoxy) is 2. The van der Waals surface area contributed by atoms with Crippen LogP contribution in [0.1, 0.15) is 5.56 Å². The highest BCUT2D eigenvalue weighted by Gasteiger charge is 2.07. The average molecular weight is 336 g/mol. The molecule has 1 N–H and O–H groups in total. The summed E-state index contributed by atoms with van der Waals surface area (Å²) in [5.41, 5.74) is 3.23. The van der Waals surface area contributed by atoms with E-state index in [0.29, 0.717) is 11.5 Å². The van der Waals surface area contributed by atoms with Crippen molar-refractivity contribution in [1.29, 1.82) is 0 Å². The number of hydrogen-bond acceptors (Lipinski definition) is 4. The Balaban J connectivity index is 0.00000264. The number of hydrogen-bond donors (Lipinski definition) is 1. The summed E-state index contributed by atoms with van der Waals surface area (Å²) in [6.45, 7) is 0.206. The lowest BCUT2D eigenvalue weighted by Crippen LogP contribution is -3.00. The summed E-state index contributed by atoms with van der Waals surface area (Å²) in [5.74, 6) is 1.10. The normalized spacial score (nSPS) is 10.0. The van der Waals surface area contributed by atoms with E-state index in [4.69, 9.17) is 9.47 Å². The molecular formula is C16H18ClN3O3. The smallest absolute Gasteiger partial charge is 0.305 e. The van der Waals surface area contributed by atoms with Gasteiger partial charge >= 0.3 is 5.91 Å². The molecule has 2 rings (SSSR count). The molecule has 0 atom stereocenters. The van der Waals surface area contributed by atoms with E-state index in [1.165, 1.54) is 6.21 Å². The third kappa shape index (κ3) is 5.60. The molecule has 1 aromatic heterocycles. The van der Waals surface area contributed by atoms with E-state index < -0.39 is 0 Å². The Hall–Kier alpha value is -2.60. The molecule has 0 spiro atoms. The lowest BCUT2D eigenvalue weighted by molar-refractivity contribution is -0.684. The fourth-order valence-electron chi connectivity index (χ4n) is 1.84. The zero-order valence-corrected chi connectivity index (χ0v) is 13.7. The van der Waals surface area contributed by atoms with Crippen LogP contribution in [0.3, 0.4) is 0 Å². The minimum atomic E-state index is -0.208. The lowest BCUT2D eigenvalue weighted by atomic mass is 10.2. The average Bonchev–Trinajstić information content (AvgIpc) is 2.56. The molecule has 0 unspecified atom stereocenters. The highest BCUT2D eigenvalue weighted by Crippen LogP contribution is 2.22. The second kappa shape index (κ2) is 9.42. The van der Waals surface area contributed by atoms with Crippen LogP contribution in [0.15, 0.2) is 53.9 Å². The van der Waals surface area contributed by atoms with Crippen molar-refractivity contribution in [3.8, 4) is 11.5 Å². The highest BCUT2D eigenvalue weighted by molar-refractivity contribution is 5.85. The van der Waals surface area contributed by atoms with Gasteiger partial charge in [-0.25, -0.2) is 5.43 Å². The monoisotopic (exact) mass is 335 g/mol. The molecule has 0 saturated carbocycles. The molecule has 1 heterocycles. The Morgan fingerprint density at radius 3 is 2.61 bits per heavy atom. The van der Waals surface area contributed by atoms with Gasteiger partial charge in [0.05, 0.1) is 20.4 Å². The van der Waals surface area contributed by atoms with Crippen molar-refractivity contribution in [3.63, 3.8) is 0 Å². The van der Waals surface area contributed by atoms with Gasteiger partial charge in [-0.3, -0.25) is 4.79 Å². The molecule has 7 heteroatoms. The van der Waals surface area contributed by atoms with Crippen LogP contribution in [0.4, 0.5) is 0 Å². The molecule has 0 aliphatic heterocycles. The summed E-state index contributed by atoms with van der Waals surface area (Å²) in [7, 11) is 3.15. The molecule has 2 aromatic rings. The quantitative estimate of drug-likeness (QED) is 0.383. The maximum absolute atomic E-state index is 11.8. The topological polar surface area (TPSA) is 63.8 Å². The largest absolute Gasteiger partial charge is 1.00 e. The van der Waals surface area contributed by atoms with E-state index in [1.54, 1.807) is 37.0 Å². The third-order valence-corrected chi connectivity index (χ3v) is 2.94. The number of carbonyl (C=O) groups excluding carboxylic acids is 1. The number of aromatic nitrogens is 1. The first kappa shape index (κ1) is 18.4. The molecule has 23 heavy (non-hydrogen) atoms. The van der Waals surface area contributed by atoms with Gasteiger partial charge in [-0.2, -0.15) is 9.67 Å². The first-order valence-electron chi connectivity index (χ1n) is 6.71. The first-order chi connectivity index (χ1) is 10.7. The third-order valence-electron chi connectivity index (χ3n) is 2.94. The van der Waals surface area contributed by atoms with Gasteiger partial charge in [-0.15, -0.1) is 0 Å². The van der Waals surface area contributed by atoms with Gasteiger partial charge < -0.3 is 21.9 Å². The van der Waals surface area contributed by atoms with Gasteiger partial charge in [0.2, 0.25) is 6.54 Å². The lowest BCUT2D eigenvalue weighted by Gasteiger charge is -2.06. The van der Waals surface area contributed by atoms with Crippen LogP contribution in [0.5, 0.6) is 11.5 Å². The fourth-order valence-corrected chi connectivity index (χ4v) is 1.84. The van der Waals surface area contributed by atoms with Gasteiger partial charge in [0.15, 0.2) is 12.4 Å². The molecule has 6 nitrogen and oxygen atoms in total. The Morgan fingerprint density at radius 2 is 1.96 bits per heavy atom. The van der Waals surface area contributed by atoms with E-state index in [9.17, 15) is 4.79 Å². The summed E-state index contributed by atoms with van der Waals surface area (Å²) in [5, 5.41) is 3.94. The van der Waals surface area contributed by atoms with Crippen LogP contribution in [0, 0.1) is 0 Å². The molecule has 0 radical (unpaired) electrons. The summed E-state index contributed by atoms with van der Waals surface area (Å²) < 4.78 is 12.1. The van der Waals surface area contributed by atoms with Crippen LogP contribution >= 0.6 is 0 Å². The first-order valence-corrected chi connectivity index (χ1v) is 6.71. The molecule has 0 fully saturated rings. The van der Waals surface area contributed by atoms with Crippen molar-refractivity contribution >= 4 is 12.1 Å². The molecule has 1 amide bonds. The van der Waals surface area contributed by atoms with E-state index in [2.05, 4.69) is 10.5 Å². The van der Waals surface area contributed by atoms with Crippen molar-refractivity contribution in [2.45, 2.75) is 6.54 Å². The number of amides is 1. The Morgan fingerprint density at radius 1 is 1.22 bits per heavy atom. The standard InChI is InChI=1S/C16H17N3O3.ClH/c1-21-14-7-6-13(15(10-14)22-2)11-17-18-16(20)12-19-8-4-3-5-9-19;/h3-11H,12H2,1-2H3;1H/b17-11+;. The number of carbonyl (C=O) groups is 1. The van der Waals surface area contributed by atoms with Gasteiger partial charge in [-0.05, 0) is 12.1 Å². The SMILES string of the molecule is COc1ccc(/C=N/NC(=O)C[n+]2ccccc2)c(OC)c1.[Cl-]. The number of nitrogens with zero attached hydrogens (tertiary/aromatic N) is 2.